The number of likely N-dealkylation sites (N-methyl/N-ethyl adjacent to an activating group) is 1. The third-order valence-corrected chi connectivity index (χ3v) is 3.52. The number of aryl methyl sites for hydroxylation is 1. The van der Waals surface area contributed by atoms with Crippen molar-refractivity contribution in [3.8, 4) is 0 Å². The van der Waals surface area contributed by atoms with Gasteiger partial charge in [0.25, 0.3) is 0 Å². The highest BCUT2D eigenvalue weighted by Crippen LogP contribution is 2.04. The summed E-state index contributed by atoms with van der Waals surface area (Å²) in [6.07, 6.45) is 6.52. The zero-order valence-electron chi connectivity index (χ0n) is 14.0. The van der Waals surface area contributed by atoms with Crippen LogP contribution in [0.25, 0.3) is 6.08 Å². The predicted octanol–water partition coefficient (Wildman–Crippen LogP) is 1.60. The molecule has 0 aliphatic carbocycles. The molecule has 0 atom stereocenters. The molecule has 0 saturated heterocycles. The second-order valence-corrected chi connectivity index (χ2v) is 5.39. The minimum atomic E-state index is -0.303. The SMILES string of the molecule is CCN(Cc1ccccc1)C(=O)CNC(=O)C=Cc1cnn(C)c1. The molecule has 0 unspecified atom stereocenters. The van der Waals surface area contributed by atoms with Crippen molar-refractivity contribution in [2.75, 3.05) is 13.1 Å². The molecule has 0 spiro atoms. The fourth-order valence-electron chi connectivity index (χ4n) is 2.21. The van der Waals surface area contributed by atoms with Crippen molar-refractivity contribution in [1.29, 1.82) is 0 Å². The van der Waals surface area contributed by atoms with Gasteiger partial charge in [0.05, 0.1) is 12.7 Å². The largest absolute Gasteiger partial charge is 0.343 e. The van der Waals surface area contributed by atoms with Gasteiger partial charge in [-0.3, -0.25) is 14.3 Å². The molecular formula is C18H22N4O2. The van der Waals surface area contributed by atoms with E-state index in [0.717, 1.165) is 11.1 Å². The van der Waals surface area contributed by atoms with Crippen molar-refractivity contribution in [1.82, 2.24) is 20.0 Å². The lowest BCUT2D eigenvalue weighted by Gasteiger charge is -2.21. The van der Waals surface area contributed by atoms with E-state index < -0.39 is 0 Å². The van der Waals surface area contributed by atoms with E-state index in [1.165, 1.54) is 6.08 Å². The van der Waals surface area contributed by atoms with Gasteiger partial charge in [-0.05, 0) is 18.6 Å². The van der Waals surface area contributed by atoms with E-state index in [9.17, 15) is 9.59 Å². The summed E-state index contributed by atoms with van der Waals surface area (Å²) >= 11 is 0. The number of benzene rings is 1. The molecule has 2 rings (SSSR count). The Morgan fingerprint density at radius 1 is 1.29 bits per heavy atom. The standard InChI is InChI=1S/C18H22N4O2/c1-3-22(14-15-7-5-4-6-8-15)18(24)12-19-17(23)10-9-16-11-20-21(2)13-16/h4-11,13H,3,12,14H2,1-2H3,(H,19,23). The lowest BCUT2D eigenvalue weighted by Crippen LogP contribution is -2.39. The Bertz CT molecular complexity index is 707. The summed E-state index contributed by atoms with van der Waals surface area (Å²) in [5.74, 6) is -0.410. The molecule has 1 heterocycles. The Kier molecular flexibility index (Phi) is 6.31. The highest BCUT2D eigenvalue weighted by Gasteiger charge is 2.12. The highest BCUT2D eigenvalue weighted by molar-refractivity contribution is 5.94. The Morgan fingerprint density at radius 2 is 2.04 bits per heavy atom. The highest BCUT2D eigenvalue weighted by atomic mass is 16.2. The van der Waals surface area contributed by atoms with Crippen LogP contribution in [-0.2, 0) is 23.2 Å². The lowest BCUT2D eigenvalue weighted by atomic mass is 10.2. The van der Waals surface area contributed by atoms with Crippen LogP contribution in [0, 0.1) is 0 Å². The second-order valence-electron chi connectivity index (χ2n) is 5.39. The Balaban J connectivity index is 1.82. The molecule has 0 radical (unpaired) electrons. The number of amides is 2. The average Bonchev–Trinajstić information content (AvgIpc) is 3.02. The molecule has 0 aliphatic heterocycles. The molecule has 1 aromatic heterocycles. The summed E-state index contributed by atoms with van der Waals surface area (Å²) in [7, 11) is 1.81. The van der Waals surface area contributed by atoms with Crippen LogP contribution in [0.1, 0.15) is 18.1 Å². The molecule has 6 heteroatoms. The number of carbonyl (C=O) groups excluding carboxylic acids is 2. The summed E-state index contributed by atoms with van der Waals surface area (Å²) in [4.78, 5) is 25.7. The molecule has 1 aromatic carbocycles. The Labute approximate surface area is 141 Å². The Morgan fingerprint density at radius 3 is 2.67 bits per heavy atom. The van der Waals surface area contributed by atoms with E-state index in [2.05, 4.69) is 10.4 Å². The van der Waals surface area contributed by atoms with Crippen molar-refractivity contribution >= 4 is 17.9 Å². The fourth-order valence-corrected chi connectivity index (χ4v) is 2.21. The van der Waals surface area contributed by atoms with E-state index in [-0.39, 0.29) is 18.4 Å². The normalized spacial score (nSPS) is 10.8. The summed E-state index contributed by atoms with van der Waals surface area (Å²) in [6.45, 7) is 3.04. The summed E-state index contributed by atoms with van der Waals surface area (Å²) in [5, 5.41) is 6.63. The van der Waals surface area contributed by atoms with Crippen LogP contribution in [0.2, 0.25) is 0 Å². The Hall–Kier alpha value is -2.89. The molecule has 0 saturated carbocycles. The number of hydrogen-bond acceptors (Lipinski definition) is 3. The number of carbonyl (C=O) groups is 2. The van der Waals surface area contributed by atoms with Crippen molar-refractivity contribution in [3.63, 3.8) is 0 Å². The summed E-state index contributed by atoms with van der Waals surface area (Å²) < 4.78 is 1.66. The minimum absolute atomic E-state index is 0.0170. The first kappa shape index (κ1) is 17.5. The lowest BCUT2D eigenvalue weighted by molar-refractivity contribution is -0.132. The van der Waals surface area contributed by atoms with E-state index >= 15 is 0 Å². The van der Waals surface area contributed by atoms with Gasteiger partial charge < -0.3 is 10.2 Å². The van der Waals surface area contributed by atoms with Crippen molar-refractivity contribution in [2.24, 2.45) is 7.05 Å². The minimum Gasteiger partial charge on any atom is -0.343 e. The smallest absolute Gasteiger partial charge is 0.244 e. The molecule has 0 fully saturated rings. The zero-order chi connectivity index (χ0) is 17.4. The van der Waals surface area contributed by atoms with Gasteiger partial charge in [-0.15, -0.1) is 0 Å². The van der Waals surface area contributed by atoms with Gasteiger partial charge in [0, 0.05) is 38.0 Å². The van der Waals surface area contributed by atoms with Gasteiger partial charge in [-0.1, -0.05) is 30.3 Å². The van der Waals surface area contributed by atoms with E-state index in [4.69, 9.17) is 0 Å². The van der Waals surface area contributed by atoms with Crippen molar-refractivity contribution in [3.05, 3.63) is 59.9 Å². The van der Waals surface area contributed by atoms with Crippen molar-refractivity contribution < 1.29 is 9.59 Å². The quantitative estimate of drug-likeness (QED) is 0.786. The van der Waals surface area contributed by atoms with Crippen LogP contribution in [0.3, 0.4) is 0 Å². The molecule has 126 valence electrons. The van der Waals surface area contributed by atoms with Crippen LogP contribution >= 0.6 is 0 Å². The van der Waals surface area contributed by atoms with Gasteiger partial charge in [-0.2, -0.15) is 5.10 Å². The summed E-state index contributed by atoms with van der Waals surface area (Å²) in [5.41, 5.74) is 1.90. The van der Waals surface area contributed by atoms with Gasteiger partial charge in [0.2, 0.25) is 11.8 Å². The maximum absolute atomic E-state index is 12.2. The van der Waals surface area contributed by atoms with Gasteiger partial charge >= 0.3 is 0 Å². The third-order valence-electron chi connectivity index (χ3n) is 3.52. The van der Waals surface area contributed by atoms with Crippen LogP contribution in [-0.4, -0.2) is 39.6 Å². The molecule has 1 N–H and O–H groups in total. The van der Waals surface area contributed by atoms with Crippen LogP contribution in [0.5, 0.6) is 0 Å². The zero-order valence-corrected chi connectivity index (χ0v) is 14.0. The first-order chi connectivity index (χ1) is 11.6. The van der Waals surface area contributed by atoms with E-state index in [0.29, 0.717) is 13.1 Å². The maximum atomic E-state index is 12.2. The number of hydrogen-bond donors (Lipinski definition) is 1. The molecule has 24 heavy (non-hydrogen) atoms. The van der Waals surface area contributed by atoms with Crippen LogP contribution in [0.4, 0.5) is 0 Å². The molecule has 6 nitrogen and oxygen atoms in total. The predicted molar refractivity (Wildman–Crippen MR) is 92.8 cm³/mol. The molecule has 0 aliphatic rings. The summed E-state index contributed by atoms with van der Waals surface area (Å²) in [6, 6.07) is 9.78. The van der Waals surface area contributed by atoms with Crippen LogP contribution in [0.15, 0.2) is 48.8 Å². The molecule has 2 amide bonds. The molecular weight excluding hydrogens is 304 g/mol. The topological polar surface area (TPSA) is 67.2 Å². The second kappa shape index (κ2) is 8.67. The fraction of sp³-hybridized carbons (Fsp3) is 0.278. The molecule has 2 aromatic rings. The first-order valence-electron chi connectivity index (χ1n) is 7.84. The maximum Gasteiger partial charge on any atom is 0.244 e. The van der Waals surface area contributed by atoms with Crippen molar-refractivity contribution in [2.45, 2.75) is 13.5 Å². The number of aromatic nitrogens is 2. The number of rotatable bonds is 7. The monoisotopic (exact) mass is 326 g/mol. The first-order valence-corrected chi connectivity index (χ1v) is 7.84. The van der Waals surface area contributed by atoms with Gasteiger partial charge in [-0.25, -0.2) is 0 Å². The number of nitrogens with one attached hydrogen (secondary N) is 1. The number of nitrogens with zero attached hydrogens (tertiary/aromatic N) is 3. The van der Waals surface area contributed by atoms with Crippen LogP contribution < -0.4 is 5.32 Å². The molecule has 0 bridgehead atoms. The third kappa shape index (κ3) is 5.39. The van der Waals surface area contributed by atoms with E-state index in [1.807, 2.05) is 44.3 Å². The van der Waals surface area contributed by atoms with Gasteiger partial charge in [0.15, 0.2) is 0 Å². The average molecular weight is 326 g/mol. The van der Waals surface area contributed by atoms with Gasteiger partial charge in [0.1, 0.15) is 0 Å². The van der Waals surface area contributed by atoms with E-state index in [1.54, 1.807) is 28.1 Å².